The third kappa shape index (κ3) is 2.65. The highest BCUT2D eigenvalue weighted by molar-refractivity contribution is 7.65. The number of hydrogen-bond donors (Lipinski definition) is 2. The maximum Gasteiger partial charge on any atom is 0.329 e. The van der Waals surface area contributed by atoms with Crippen molar-refractivity contribution < 1.29 is 19.3 Å². The molecule has 0 spiro atoms. The van der Waals surface area contributed by atoms with Crippen molar-refractivity contribution in [2.75, 3.05) is 14.2 Å². The molecule has 2 N–H and O–H groups in total. The molecule has 0 aromatic heterocycles. The van der Waals surface area contributed by atoms with Crippen molar-refractivity contribution in [2.45, 2.75) is 25.5 Å². The molecule has 0 saturated heterocycles. The Morgan fingerprint density at radius 3 is 1.55 bits per heavy atom. The van der Waals surface area contributed by atoms with Gasteiger partial charge in [0.25, 0.3) is 0 Å². The lowest BCUT2D eigenvalue weighted by molar-refractivity contribution is -0.0550. The van der Waals surface area contributed by atoms with Crippen molar-refractivity contribution in [3.05, 3.63) is 0 Å². The summed E-state index contributed by atoms with van der Waals surface area (Å²) in [4.78, 5) is 18.9. The minimum absolute atomic E-state index is 0.229. The largest absolute Gasteiger partial charge is 0.329 e. The number of rotatable bonds is 4. The van der Waals surface area contributed by atoms with Crippen molar-refractivity contribution >= 4 is 7.72 Å². The molecule has 0 aliphatic rings. The SMILES string of the molecule is COC(OC)[P+](O)(O)C(C)C. The maximum atomic E-state index is 9.47. The molecule has 68 valence electrons. The minimum Gasteiger partial charge on any atom is -0.321 e. The molecule has 4 nitrogen and oxygen atoms in total. The maximum absolute atomic E-state index is 9.47. The molecule has 0 unspecified atom stereocenters. The molecule has 0 aromatic rings. The van der Waals surface area contributed by atoms with E-state index in [0.717, 1.165) is 0 Å². The lowest BCUT2D eigenvalue weighted by Crippen LogP contribution is -2.23. The molecule has 0 rings (SSSR count). The quantitative estimate of drug-likeness (QED) is 0.500. The summed E-state index contributed by atoms with van der Waals surface area (Å²) in [7, 11) is -0.296. The van der Waals surface area contributed by atoms with Crippen LogP contribution in [0.2, 0.25) is 0 Å². The van der Waals surface area contributed by atoms with Gasteiger partial charge in [-0.25, -0.2) is 9.79 Å². The van der Waals surface area contributed by atoms with E-state index in [0.29, 0.717) is 0 Å². The van der Waals surface area contributed by atoms with E-state index in [9.17, 15) is 9.79 Å². The van der Waals surface area contributed by atoms with E-state index >= 15 is 0 Å². The van der Waals surface area contributed by atoms with E-state index in [1.807, 2.05) is 0 Å². The molecule has 0 aliphatic carbocycles. The zero-order valence-corrected chi connectivity index (χ0v) is 8.21. The van der Waals surface area contributed by atoms with Gasteiger partial charge in [0.05, 0.1) is 0 Å². The predicted octanol–water partition coefficient (Wildman–Crippen LogP) is 0.803. The fourth-order valence-corrected chi connectivity index (χ4v) is 1.76. The monoisotopic (exact) mass is 183 g/mol. The third-order valence-electron chi connectivity index (χ3n) is 1.47. The van der Waals surface area contributed by atoms with Gasteiger partial charge in [-0.15, -0.1) is 0 Å². The van der Waals surface area contributed by atoms with Crippen LogP contribution >= 0.6 is 7.72 Å². The number of ether oxygens (including phenoxy) is 2. The van der Waals surface area contributed by atoms with Crippen LogP contribution in [0.1, 0.15) is 13.8 Å². The van der Waals surface area contributed by atoms with Gasteiger partial charge >= 0.3 is 13.7 Å². The van der Waals surface area contributed by atoms with Gasteiger partial charge in [0.15, 0.2) is 0 Å². The molecule has 0 amide bonds. The Balaban J connectivity index is 4.24. The fourth-order valence-electron chi connectivity index (χ4n) is 0.650. The Labute approximate surface area is 67.6 Å². The highest BCUT2D eigenvalue weighted by Gasteiger charge is 2.48. The second-order valence-electron chi connectivity index (χ2n) is 2.57. The molecule has 0 aromatic carbocycles. The van der Waals surface area contributed by atoms with Crippen molar-refractivity contribution in [1.29, 1.82) is 0 Å². The first-order valence-electron chi connectivity index (χ1n) is 3.36. The summed E-state index contributed by atoms with van der Waals surface area (Å²) in [6.45, 7) is 3.44. The Bertz CT molecular complexity index is 111. The summed E-state index contributed by atoms with van der Waals surface area (Å²) in [5.41, 5.74) is -0.229. The second kappa shape index (κ2) is 4.33. The van der Waals surface area contributed by atoms with Crippen LogP contribution in [-0.4, -0.2) is 35.7 Å². The van der Waals surface area contributed by atoms with Crippen LogP contribution in [0.3, 0.4) is 0 Å². The van der Waals surface area contributed by atoms with E-state index in [1.165, 1.54) is 14.2 Å². The average Bonchev–Trinajstić information content (AvgIpc) is 1.89. The summed E-state index contributed by atoms with van der Waals surface area (Å²) in [5, 5.41) is 0. The first kappa shape index (κ1) is 11.3. The molecule has 0 aliphatic heterocycles. The summed E-state index contributed by atoms with van der Waals surface area (Å²) in [5.74, 6) is 0. The topological polar surface area (TPSA) is 58.9 Å². The zero-order valence-electron chi connectivity index (χ0n) is 7.31. The molecule has 5 heteroatoms. The number of hydrogen-bond acceptors (Lipinski definition) is 4. The summed E-state index contributed by atoms with van der Waals surface area (Å²) in [6, 6.07) is -0.887. The van der Waals surface area contributed by atoms with Gasteiger partial charge in [-0.3, -0.25) is 0 Å². The van der Waals surface area contributed by atoms with Gasteiger partial charge in [0.2, 0.25) is 0 Å². The van der Waals surface area contributed by atoms with E-state index < -0.39 is 13.7 Å². The molecular formula is C6H16O4P+. The van der Waals surface area contributed by atoms with Crippen LogP contribution < -0.4 is 0 Å². The Kier molecular flexibility index (Phi) is 4.44. The van der Waals surface area contributed by atoms with Crippen LogP contribution in [0.5, 0.6) is 0 Å². The Morgan fingerprint density at radius 2 is 1.45 bits per heavy atom. The van der Waals surface area contributed by atoms with Crippen molar-refractivity contribution in [1.82, 2.24) is 0 Å². The van der Waals surface area contributed by atoms with Gasteiger partial charge in [0, 0.05) is 14.2 Å². The van der Waals surface area contributed by atoms with Crippen LogP contribution in [0.15, 0.2) is 0 Å². The predicted molar refractivity (Wildman–Crippen MR) is 44.3 cm³/mol. The smallest absolute Gasteiger partial charge is 0.321 e. The molecule has 0 fully saturated rings. The molecular weight excluding hydrogens is 167 g/mol. The van der Waals surface area contributed by atoms with Crippen LogP contribution in [0.25, 0.3) is 0 Å². The van der Waals surface area contributed by atoms with E-state index in [2.05, 4.69) is 0 Å². The molecule has 0 atom stereocenters. The Hall–Kier alpha value is 0.270. The van der Waals surface area contributed by atoms with Gasteiger partial charge < -0.3 is 9.47 Å². The van der Waals surface area contributed by atoms with Crippen LogP contribution in [0.4, 0.5) is 0 Å². The van der Waals surface area contributed by atoms with E-state index in [1.54, 1.807) is 13.8 Å². The first-order valence-corrected chi connectivity index (χ1v) is 5.19. The summed E-state index contributed by atoms with van der Waals surface area (Å²) < 4.78 is 9.51. The van der Waals surface area contributed by atoms with Gasteiger partial charge in [-0.2, -0.15) is 0 Å². The van der Waals surface area contributed by atoms with Gasteiger partial charge in [-0.1, -0.05) is 0 Å². The van der Waals surface area contributed by atoms with Crippen molar-refractivity contribution in [3.63, 3.8) is 0 Å². The second-order valence-corrected chi connectivity index (χ2v) is 5.43. The standard InChI is InChI=1S/C6H16O4P/c1-5(2)11(7,8)6(9-3)10-4/h5-8H,1-4H3/q+1. The average molecular weight is 183 g/mol. The highest BCUT2D eigenvalue weighted by Crippen LogP contribution is 2.59. The zero-order chi connectivity index (χ0) is 9.07. The molecule has 0 radical (unpaired) electrons. The third-order valence-corrected chi connectivity index (χ3v) is 4.04. The Morgan fingerprint density at radius 1 is 1.09 bits per heavy atom. The van der Waals surface area contributed by atoms with Crippen LogP contribution in [0, 0.1) is 0 Å². The van der Waals surface area contributed by atoms with Crippen LogP contribution in [-0.2, 0) is 9.47 Å². The highest BCUT2D eigenvalue weighted by atomic mass is 31.2. The van der Waals surface area contributed by atoms with Gasteiger partial charge in [-0.05, 0) is 13.8 Å². The lowest BCUT2D eigenvalue weighted by atomic mass is 10.6. The summed E-state index contributed by atoms with van der Waals surface area (Å²) in [6.07, 6.45) is 0. The fraction of sp³-hybridized carbons (Fsp3) is 1.00. The normalized spacial score (nSPS) is 13.1. The first-order chi connectivity index (χ1) is 4.96. The van der Waals surface area contributed by atoms with E-state index in [-0.39, 0.29) is 5.66 Å². The molecule has 11 heavy (non-hydrogen) atoms. The van der Waals surface area contributed by atoms with E-state index in [4.69, 9.17) is 9.47 Å². The molecule has 0 bridgehead atoms. The summed E-state index contributed by atoms with van der Waals surface area (Å²) >= 11 is 0. The van der Waals surface area contributed by atoms with Gasteiger partial charge in [0.1, 0.15) is 5.66 Å². The molecule has 0 saturated carbocycles. The minimum atomic E-state index is -3.07. The van der Waals surface area contributed by atoms with Crippen molar-refractivity contribution in [2.24, 2.45) is 0 Å². The van der Waals surface area contributed by atoms with Crippen molar-refractivity contribution in [3.8, 4) is 0 Å². The molecule has 0 heterocycles. The number of methoxy groups -OCH3 is 2. The lowest BCUT2D eigenvalue weighted by Gasteiger charge is -2.22.